The first-order valence-corrected chi connectivity index (χ1v) is 12.8. The highest BCUT2D eigenvalue weighted by Gasteiger charge is 2.62. The predicted molar refractivity (Wildman–Crippen MR) is 124 cm³/mol. The molecule has 1 aromatic carbocycles. The van der Waals surface area contributed by atoms with Crippen LogP contribution in [0.2, 0.25) is 0 Å². The lowest BCUT2D eigenvalue weighted by molar-refractivity contribution is -0.185. The summed E-state index contributed by atoms with van der Waals surface area (Å²) in [5.74, 6) is -0.455. The van der Waals surface area contributed by atoms with E-state index in [0.29, 0.717) is 0 Å². The number of nitrogens with one attached hydrogen (secondary N) is 2. The van der Waals surface area contributed by atoms with Crippen LogP contribution in [-0.4, -0.2) is 63.8 Å². The van der Waals surface area contributed by atoms with E-state index in [4.69, 9.17) is 23.3 Å². The Bertz CT molecular complexity index is 1250. The van der Waals surface area contributed by atoms with E-state index in [9.17, 15) is 24.1 Å². The molecule has 196 valence electrons. The number of carbonyl (C=O) groups excluding carboxylic acids is 1. The van der Waals surface area contributed by atoms with Crippen LogP contribution in [0.25, 0.3) is 0 Å². The minimum Gasteiger partial charge on any atom is -0.462 e. The van der Waals surface area contributed by atoms with Crippen molar-refractivity contribution in [1.82, 2.24) is 14.6 Å². The fourth-order valence-corrected chi connectivity index (χ4v) is 5.44. The summed E-state index contributed by atoms with van der Waals surface area (Å²) in [6.07, 6.45) is -2.43. The minimum atomic E-state index is -4.23. The molecule has 2 bridgehead atoms. The van der Waals surface area contributed by atoms with Crippen molar-refractivity contribution in [3.63, 3.8) is 0 Å². The molecule has 3 heterocycles. The Labute approximate surface area is 205 Å². The number of aromatic amines is 1. The second kappa shape index (κ2) is 10.3. The molecule has 6 atom stereocenters. The van der Waals surface area contributed by atoms with Crippen LogP contribution in [-0.2, 0) is 28.1 Å². The van der Waals surface area contributed by atoms with E-state index in [2.05, 4.69) is 10.1 Å². The smallest absolute Gasteiger partial charge is 0.459 e. The van der Waals surface area contributed by atoms with Crippen molar-refractivity contribution >= 4 is 13.7 Å². The normalized spacial score (nSPS) is 27.5. The first-order valence-electron chi connectivity index (χ1n) is 11.3. The van der Waals surface area contributed by atoms with Crippen molar-refractivity contribution in [1.29, 1.82) is 0 Å². The topological polar surface area (TPSA) is 167 Å². The maximum absolute atomic E-state index is 13.7. The van der Waals surface area contributed by atoms with Crippen molar-refractivity contribution in [2.75, 3.05) is 13.2 Å². The van der Waals surface area contributed by atoms with Gasteiger partial charge < -0.3 is 23.8 Å². The number of aliphatic hydroxyl groups excluding tert-OH is 1. The molecular formula is C22H28N3O10P. The summed E-state index contributed by atoms with van der Waals surface area (Å²) in [5.41, 5.74) is -2.83. The number of ether oxygens (including phenoxy) is 3. The van der Waals surface area contributed by atoms with Crippen LogP contribution in [0.5, 0.6) is 5.75 Å². The van der Waals surface area contributed by atoms with E-state index in [1.54, 1.807) is 44.2 Å². The third-order valence-electron chi connectivity index (χ3n) is 5.64. The lowest BCUT2D eigenvalue weighted by Crippen LogP contribution is -2.46. The van der Waals surface area contributed by atoms with Crippen molar-refractivity contribution in [2.24, 2.45) is 0 Å². The number of hydrogen-bond donors (Lipinski definition) is 3. The molecule has 0 spiro atoms. The average Bonchev–Trinajstić information content (AvgIpc) is 3.27. The number of aromatic nitrogens is 2. The molecular weight excluding hydrogens is 497 g/mol. The Morgan fingerprint density at radius 2 is 2.00 bits per heavy atom. The second-order valence-electron chi connectivity index (χ2n) is 8.82. The summed E-state index contributed by atoms with van der Waals surface area (Å²) < 4.78 is 42.8. The Hall–Kier alpha value is -2.80. The fourth-order valence-electron chi connectivity index (χ4n) is 3.90. The summed E-state index contributed by atoms with van der Waals surface area (Å²) in [5, 5.41) is 13.4. The van der Waals surface area contributed by atoms with Crippen molar-refractivity contribution in [3.8, 4) is 5.75 Å². The molecule has 0 radical (unpaired) electrons. The van der Waals surface area contributed by atoms with Gasteiger partial charge in [-0.1, -0.05) is 18.2 Å². The van der Waals surface area contributed by atoms with Crippen molar-refractivity contribution in [2.45, 2.75) is 57.0 Å². The maximum Gasteiger partial charge on any atom is 0.459 e. The standard InChI is InChI=1S/C22H28N3O10P/c1-13(2)33-20(28)14(3)24-36(30,35-15-7-5-4-6-8-15)32-12-22-11-31-17(18(22)27)19(34-22)25-10-9-16(26)23-21(25)29/h4-10,13-14,17-19,27H,11-12H2,1-3H3,(H,24,30)(H,23,26,29)/t14-,17-,18+,19-,22-,36+/m1/s1. The van der Waals surface area contributed by atoms with Gasteiger partial charge in [-0.05, 0) is 32.9 Å². The largest absolute Gasteiger partial charge is 0.462 e. The molecule has 2 aliphatic rings. The number of H-pyrrole nitrogens is 1. The van der Waals surface area contributed by atoms with Crippen LogP contribution in [0.1, 0.15) is 27.0 Å². The number of benzene rings is 1. The highest BCUT2D eigenvalue weighted by molar-refractivity contribution is 7.52. The molecule has 14 heteroatoms. The Morgan fingerprint density at radius 3 is 2.67 bits per heavy atom. The van der Waals surface area contributed by atoms with E-state index in [1.807, 2.05) is 0 Å². The first-order chi connectivity index (χ1) is 17.0. The molecule has 0 aliphatic carbocycles. The van der Waals surface area contributed by atoms with Gasteiger partial charge in [-0.25, -0.2) is 9.36 Å². The maximum atomic E-state index is 13.7. The van der Waals surface area contributed by atoms with Crippen LogP contribution in [0.3, 0.4) is 0 Å². The molecule has 1 aromatic heterocycles. The molecule has 3 N–H and O–H groups in total. The van der Waals surface area contributed by atoms with Crippen LogP contribution in [0.4, 0.5) is 0 Å². The van der Waals surface area contributed by atoms with Gasteiger partial charge in [-0.2, -0.15) is 5.09 Å². The first kappa shape index (κ1) is 26.3. The molecule has 0 unspecified atom stereocenters. The molecule has 4 rings (SSSR count). The number of fused-ring (bicyclic) bond motifs is 2. The average molecular weight is 525 g/mol. The second-order valence-corrected chi connectivity index (χ2v) is 10.5. The minimum absolute atomic E-state index is 0.121. The third-order valence-corrected chi connectivity index (χ3v) is 7.26. The van der Waals surface area contributed by atoms with Gasteiger partial charge in [0.05, 0.1) is 19.3 Å². The van der Waals surface area contributed by atoms with Gasteiger partial charge in [0.1, 0.15) is 29.6 Å². The van der Waals surface area contributed by atoms with Crippen LogP contribution in [0.15, 0.2) is 52.2 Å². The van der Waals surface area contributed by atoms with Crippen LogP contribution >= 0.6 is 7.75 Å². The van der Waals surface area contributed by atoms with Gasteiger partial charge in [0, 0.05) is 12.3 Å². The molecule has 36 heavy (non-hydrogen) atoms. The van der Waals surface area contributed by atoms with Gasteiger partial charge in [0.25, 0.3) is 5.56 Å². The van der Waals surface area contributed by atoms with E-state index < -0.39 is 61.7 Å². The number of carbonyl (C=O) groups is 1. The monoisotopic (exact) mass is 525 g/mol. The van der Waals surface area contributed by atoms with Gasteiger partial charge in [-0.15, -0.1) is 0 Å². The van der Waals surface area contributed by atoms with Gasteiger partial charge in [0.2, 0.25) is 0 Å². The number of rotatable bonds is 10. The molecule has 0 amide bonds. The number of para-hydroxylation sites is 1. The molecule has 2 saturated heterocycles. The highest BCUT2D eigenvalue weighted by Crippen LogP contribution is 2.50. The van der Waals surface area contributed by atoms with Gasteiger partial charge >= 0.3 is 19.4 Å². The summed E-state index contributed by atoms with van der Waals surface area (Å²) >= 11 is 0. The lowest BCUT2D eigenvalue weighted by Gasteiger charge is -2.32. The highest BCUT2D eigenvalue weighted by atomic mass is 31.2. The zero-order valence-electron chi connectivity index (χ0n) is 19.9. The van der Waals surface area contributed by atoms with Crippen molar-refractivity contribution < 1.29 is 37.7 Å². The SMILES string of the molecule is CC(C)OC(=O)[C@@H](C)N[P@](=O)(OC[C@@]12CO[C@@H]([C@H](n3ccc(=O)[nH]c3=O)O1)[C@@H]2O)Oc1ccccc1. The lowest BCUT2D eigenvalue weighted by atomic mass is 10.0. The Morgan fingerprint density at radius 1 is 1.28 bits per heavy atom. The zero-order chi connectivity index (χ0) is 26.1. The number of hydrogen-bond acceptors (Lipinski definition) is 10. The molecule has 0 saturated carbocycles. The fraction of sp³-hybridized carbons (Fsp3) is 0.500. The van der Waals surface area contributed by atoms with Gasteiger partial charge in [0.15, 0.2) is 6.23 Å². The van der Waals surface area contributed by atoms with Crippen LogP contribution < -0.4 is 20.9 Å². The van der Waals surface area contributed by atoms with E-state index >= 15 is 0 Å². The Balaban J connectivity index is 1.54. The number of aliphatic hydroxyl groups is 1. The van der Waals surface area contributed by atoms with E-state index in [1.165, 1.54) is 13.1 Å². The predicted octanol–water partition coefficient (Wildman–Crippen LogP) is 0.697. The molecule has 2 aromatic rings. The zero-order valence-corrected chi connectivity index (χ0v) is 20.8. The number of nitrogens with zero attached hydrogens (tertiary/aromatic N) is 1. The molecule has 13 nitrogen and oxygen atoms in total. The summed E-state index contributed by atoms with van der Waals surface area (Å²) in [6, 6.07) is 8.26. The van der Waals surface area contributed by atoms with Crippen molar-refractivity contribution in [3.05, 3.63) is 63.4 Å². The van der Waals surface area contributed by atoms with Gasteiger partial charge in [-0.3, -0.25) is 23.7 Å². The number of esters is 1. The van der Waals surface area contributed by atoms with E-state index in [0.717, 1.165) is 10.6 Å². The summed E-state index contributed by atoms with van der Waals surface area (Å²) in [4.78, 5) is 38.1. The summed E-state index contributed by atoms with van der Waals surface area (Å²) in [6.45, 7) is 4.22. The van der Waals surface area contributed by atoms with E-state index in [-0.39, 0.29) is 18.5 Å². The quantitative estimate of drug-likeness (QED) is 0.295. The Kier molecular flexibility index (Phi) is 7.51. The van der Waals surface area contributed by atoms with Crippen LogP contribution in [0, 0.1) is 0 Å². The molecule has 2 fully saturated rings. The molecule has 2 aliphatic heterocycles. The third kappa shape index (κ3) is 5.46. The summed E-state index contributed by atoms with van der Waals surface area (Å²) in [7, 11) is -4.23.